The zero-order valence-electron chi connectivity index (χ0n) is 36.4. The van der Waals surface area contributed by atoms with E-state index < -0.39 is 49.3 Å². The van der Waals surface area contributed by atoms with Gasteiger partial charge in [0.1, 0.15) is 23.0 Å². The summed E-state index contributed by atoms with van der Waals surface area (Å²) in [7, 11) is 0. The second-order valence-electron chi connectivity index (χ2n) is 15.6. The third-order valence-corrected chi connectivity index (χ3v) is 10.8. The number of phenols is 2. The van der Waals surface area contributed by atoms with Gasteiger partial charge in [-0.05, 0) is 106 Å². The average Bonchev–Trinajstić information content (AvgIpc) is 3.24. The summed E-state index contributed by atoms with van der Waals surface area (Å²) in [6, 6.07) is 15.2. The zero-order valence-corrected chi connectivity index (χ0v) is 36.4. The van der Waals surface area contributed by atoms with Crippen molar-refractivity contribution in [3.63, 3.8) is 0 Å². The van der Waals surface area contributed by atoms with E-state index in [1.54, 1.807) is 24.3 Å². The fraction of sp³-hybridized carbons (Fsp3) is 0.308. The summed E-state index contributed by atoms with van der Waals surface area (Å²) in [5.74, 6) is -3.97. The van der Waals surface area contributed by atoms with Crippen LogP contribution in [0.15, 0.2) is 99.2 Å². The average molecular weight is 871 g/mol. The molecular formula is C52H54O12. The Balaban J connectivity index is 1.70. The Kier molecular flexibility index (Phi) is 15.5. The normalized spacial score (nSPS) is 16.1. The summed E-state index contributed by atoms with van der Waals surface area (Å²) in [6.07, 6.45) is 5.31. The molecule has 0 saturated heterocycles. The maximum absolute atomic E-state index is 13.9. The van der Waals surface area contributed by atoms with Crippen LogP contribution >= 0.6 is 0 Å². The standard InChI is InChI=1S/C52H54O12/c1-7-13-31-17-35-25-39-21-33(15-9-3)23-41-27-37-19-32(14-8-2)20-38(46(37)56)28-42-24-34(16-10-4)22-40(26-36(18-31)45(35)55)48(42)62-30-44(54)64-50(52(58)60-12-6)49(51(57)59-11-5)63-43(53)29-61-47(39)41/h7-10,17-24,49-50,55-56H,1-4,11-16,25-30H2,5-6H3/t49-,50?/m1/s1. The monoisotopic (exact) mass is 870 g/mol. The molecule has 1 aliphatic heterocycles. The third-order valence-electron chi connectivity index (χ3n) is 10.8. The Morgan fingerprint density at radius 2 is 0.797 bits per heavy atom. The quantitative estimate of drug-likeness (QED) is 0.0726. The Labute approximate surface area is 373 Å². The molecule has 2 N–H and O–H groups in total. The van der Waals surface area contributed by atoms with Crippen LogP contribution in [0.3, 0.4) is 0 Å². The van der Waals surface area contributed by atoms with Crippen LogP contribution in [0.1, 0.15) is 80.6 Å². The van der Waals surface area contributed by atoms with E-state index in [9.17, 15) is 29.4 Å². The Morgan fingerprint density at radius 1 is 0.531 bits per heavy atom. The molecule has 1 heterocycles. The molecule has 0 amide bonds. The second-order valence-corrected chi connectivity index (χ2v) is 15.6. The lowest BCUT2D eigenvalue weighted by atomic mass is 9.87. The van der Waals surface area contributed by atoms with Crippen LogP contribution in [0.2, 0.25) is 0 Å². The predicted molar refractivity (Wildman–Crippen MR) is 240 cm³/mol. The summed E-state index contributed by atoms with van der Waals surface area (Å²) in [5.41, 5.74) is 8.03. The van der Waals surface area contributed by atoms with Crippen molar-refractivity contribution >= 4 is 23.9 Å². The number of phenolic OH excluding ortho intramolecular Hbond substituents is 2. The fourth-order valence-electron chi connectivity index (χ4n) is 8.24. The summed E-state index contributed by atoms with van der Waals surface area (Å²) >= 11 is 0. The lowest BCUT2D eigenvalue weighted by molar-refractivity contribution is -0.192. The van der Waals surface area contributed by atoms with Crippen LogP contribution in [-0.4, -0.2) is 72.7 Å². The van der Waals surface area contributed by atoms with E-state index in [2.05, 4.69) is 26.3 Å². The first kappa shape index (κ1) is 46.4. The zero-order chi connectivity index (χ0) is 45.9. The van der Waals surface area contributed by atoms with Gasteiger partial charge in [-0.15, -0.1) is 26.3 Å². The van der Waals surface area contributed by atoms with Crippen LogP contribution < -0.4 is 9.47 Å². The van der Waals surface area contributed by atoms with E-state index in [0.717, 1.165) is 22.3 Å². The highest BCUT2D eigenvalue weighted by atomic mass is 16.7. The van der Waals surface area contributed by atoms with E-state index in [1.165, 1.54) is 13.8 Å². The molecule has 12 heteroatoms. The van der Waals surface area contributed by atoms with E-state index in [-0.39, 0.29) is 61.9 Å². The number of hydrogen-bond donors (Lipinski definition) is 2. The van der Waals surface area contributed by atoms with Crippen molar-refractivity contribution in [1.29, 1.82) is 0 Å². The minimum absolute atomic E-state index is 0.0198. The van der Waals surface area contributed by atoms with Crippen molar-refractivity contribution in [2.45, 2.75) is 77.4 Å². The molecule has 1 aliphatic carbocycles. The van der Waals surface area contributed by atoms with Crippen LogP contribution in [0, 0.1) is 0 Å². The summed E-state index contributed by atoms with van der Waals surface area (Å²) in [4.78, 5) is 54.6. The first-order valence-corrected chi connectivity index (χ1v) is 21.3. The van der Waals surface area contributed by atoms with Crippen LogP contribution in [0.25, 0.3) is 0 Å². The molecule has 12 nitrogen and oxygen atoms in total. The van der Waals surface area contributed by atoms with Crippen LogP contribution in [0.4, 0.5) is 0 Å². The number of allylic oxidation sites excluding steroid dienone is 4. The minimum atomic E-state index is -2.08. The maximum atomic E-state index is 13.9. The molecule has 2 atom stereocenters. The number of benzene rings is 4. The maximum Gasteiger partial charge on any atom is 0.352 e. The van der Waals surface area contributed by atoms with Crippen molar-refractivity contribution < 1.29 is 57.8 Å². The van der Waals surface area contributed by atoms with Gasteiger partial charge in [0.05, 0.1) is 13.2 Å². The van der Waals surface area contributed by atoms with E-state index >= 15 is 0 Å². The van der Waals surface area contributed by atoms with Crippen molar-refractivity contribution in [3.05, 3.63) is 166 Å². The fourth-order valence-corrected chi connectivity index (χ4v) is 8.24. The van der Waals surface area contributed by atoms with Crippen molar-refractivity contribution in [2.75, 3.05) is 26.4 Å². The lowest BCUT2D eigenvalue weighted by Gasteiger charge is -2.24. The molecule has 0 aromatic heterocycles. The Hall–Kier alpha value is -7.08. The molecule has 0 radical (unpaired) electrons. The van der Waals surface area contributed by atoms with Gasteiger partial charge in [0.2, 0.25) is 12.2 Å². The molecule has 6 rings (SSSR count). The van der Waals surface area contributed by atoms with Gasteiger partial charge in [0, 0.05) is 25.7 Å². The smallest absolute Gasteiger partial charge is 0.352 e. The van der Waals surface area contributed by atoms with E-state index in [4.69, 9.17) is 28.4 Å². The van der Waals surface area contributed by atoms with Gasteiger partial charge >= 0.3 is 23.9 Å². The molecule has 64 heavy (non-hydrogen) atoms. The molecule has 0 saturated carbocycles. The van der Waals surface area contributed by atoms with Crippen molar-refractivity contribution in [3.8, 4) is 23.0 Å². The number of ether oxygens (including phenoxy) is 6. The van der Waals surface area contributed by atoms with Crippen molar-refractivity contribution in [1.82, 2.24) is 0 Å². The molecular weight excluding hydrogens is 817 g/mol. The predicted octanol–water partition coefficient (Wildman–Crippen LogP) is 7.41. The number of esters is 4. The molecule has 1 unspecified atom stereocenters. The van der Waals surface area contributed by atoms with E-state index in [0.29, 0.717) is 70.2 Å². The third kappa shape index (κ3) is 10.9. The van der Waals surface area contributed by atoms with Gasteiger partial charge in [0.25, 0.3) is 0 Å². The van der Waals surface area contributed by atoms with Crippen LogP contribution in [-0.2, 0) is 89.5 Å². The minimum Gasteiger partial charge on any atom is -0.507 e. The van der Waals surface area contributed by atoms with Gasteiger partial charge < -0.3 is 38.6 Å². The number of cyclic esters (lactones) is 2. The van der Waals surface area contributed by atoms with Gasteiger partial charge in [-0.2, -0.15) is 0 Å². The highest BCUT2D eigenvalue weighted by Gasteiger charge is 2.43. The molecule has 334 valence electrons. The molecule has 2 aliphatic rings. The lowest BCUT2D eigenvalue weighted by Crippen LogP contribution is -2.48. The molecule has 4 aromatic rings. The van der Waals surface area contributed by atoms with Gasteiger partial charge in [-0.3, -0.25) is 0 Å². The Bertz CT molecular complexity index is 2210. The second kappa shape index (κ2) is 21.3. The largest absolute Gasteiger partial charge is 0.507 e. The molecule has 4 aromatic carbocycles. The molecule has 0 spiro atoms. The van der Waals surface area contributed by atoms with Crippen molar-refractivity contribution in [2.24, 2.45) is 0 Å². The number of carbonyl (C=O) groups excluding carboxylic acids is 4. The highest BCUT2D eigenvalue weighted by Crippen LogP contribution is 2.40. The number of aromatic hydroxyl groups is 2. The number of rotatable bonds is 12. The van der Waals surface area contributed by atoms with Gasteiger partial charge in [-0.25, -0.2) is 19.2 Å². The number of fused-ring (bicyclic) bond motifs is 2. The molecule has 0 fully saturated rings. The van der Waals surface area contributed by atoms with Gasteiger partial charge in [0.15, 0.2) is 13.2 Å². The topological polar surface area (TPSA) is 164 Å². The number of hydrogen-bond acceptors (Lipinski definition) is 12. The summed E-state index contributed by atoms with van der Waals surface area (Å²) in [6.45, 7) is 17.0. The highest BCUT2D eigenvalue weighted by molar-refractivity contribution is 5.89. The molecule has 10 bridgehead atoms. The summed E-state index contributed by atoms with van der Waals surface area (Å²) < 4.78 is 34.4. The Morgan fingerprint density at radius 3 is 1.05 bits per heavy atom. The van der Waals surface area contributed by atoms with Crippen LogP contribution in [0.5, 0.6) is 23.0 Å². The summed E-state index contributed by atoms with van der Waals surface area (Å²) in [5, 5.41) is 24.4. The first-order valence-electron chi connectivity index (χ1n) is 21.3. The van der Waals surface area contributed by atoms with E-state index in [1.807, 2.05) is 48.5 Å². The first-order chi connectivity index (χ1) is 30.9. The van der Waals surface area contributed by atoms with Gasteiger partial charge in [-0.1, -0.05) is 72.8 Å². The SMILES string of the molecule is C=CCc1cc2c(O)c(c1)Cc1cc(CC=C)cc3c1OCC(=O)O[C@@H](C(=O)OCC)C(C(=O)OCC)OC(=O)COc1c(cc(CC=C)cc1Cc1cc(CC=C)cc(c1O)C3)C2. The number of carbonyl (C=O) groups is 4.